The van der Waals surface area contributed by atoms with E-state index in [-0.39, 0.29) is 0 Å². The average Bonchev–Trinajstić information content (AvgIpc) is 2.93. The third kappa shape index (κ3) is 5.03. The smallest absolute Gasteiger partial charge is 0.425 e. The number of allylic oxidation sites excluding steroid dienone is 1. The Morgan fingerprint density at radius 2 is 2.05 bits per heavy atom. The number of nitrogens with one attached hydrogen (secondary N) is 2. The molecule has 0 unspecified atom stereocenters. The fraction of sp³-hybridized carbons (Fsp3) is 0.500. The number of methoxy groups -OCH3 is 2. The Kier molecular flexibility index (Phi) is 6.57. The number of esters is 1. The second-order valence-electron chi connectivity index (χ2n) is 3.29. The van der Waals surface area contributed by atoms with Gasteiger partial charge in [0.25, 0.3) is 0 Å². The van der Waals surface area contributed by atoms with Crippen molar-refractivity contribution in [1.82, 2.24) is 10.9 Å². The molecule has 9 heteroatoms. The Morgan fingerprint density at radius 1 is 1.32 bits per heavy atom. The highest BCUT2D eigenvalue weighted by Gasteiger charge is 2.20. The minimum atomic E-state index is -0.652. The van der Waals surface area contributed by atoms with Gasteiger partial charge in [0.05, 0.1) is 20.8 Å². The van der Waals surface area contributed by atoms with Crippen molar-refractivity contribution in [3.05, 3.63) is 10.6 Å². The molecule has 1 aliphatic heterocycles. The summed E-state index contributed by atoms with van der Waals surface area (Å²) in [6, 6.07) is 0. The third-order valence-electron chi connectivity index (χ3n) is 2.00. The number of amides is 1. The first-order valence-corrected chi connectivity index (χ1v) is 7.13. The van der Waals surface area contributed by atoms with Crippen LogP contribution < -0.4 is 10.9 Å². The van der Waals surface area contributed by atoms with E-state index in [0.717, 1.165) is 16.7 Å². The molecule has 7 nitrogen and oxygen atoms in total. The van der Waals surface area contributed by atoms with Crippen LogP contribution in [0.4, 0.5) is 4.79 Å². The van der Waals surface area contributed by atoms with Gasteiger partial charge < -0.3 is 9.47 Å². The maximum absolute atomic E-state index is 11.7. The summed E-state index contributed by atoms with van der Waals surface area (Å²) in [5.74, 6) is 0.417. The van der Waals surface area contributed by atoms with E-state index in [0.29, 0.717) is 10.6 Å². The number of ether oxygens (including phenoxy) is 2. The number of rotatable bonds is 4. The van der Waals surface area contributed by atoms with Crippen molar-refractivity contribution in [3.63, 3.8) is 0 Å². The number of hydrogen-bond acceptors (Lipinski definition) is 8. The lowest BCUT2D eigenvalue weighted by Gasteiger charge is -2.12. The van der Waals surface area contributed by atoms with Crippen molar-refractivity contribution < 1.29 is 19.1 Å². The molecule has 0 radical (unpaired) electrons. The van der Waals surface area contributed by atoms with Crippen LogP contribution in [0.5, 0.6) is 0 Å². The van der Waals surface area contributed by atoms with E-state index in [2.05, 4.69) is 20.6 Å². The van der Waals surface area contributed by atoms with Gasteiger partial charge in [-0.05, 0) is 6.92 Å². The molecule has 1 rings (SSSR count). The van der Waals surface area contributed by atoms with Gasteiger partial charge >= 0.3 is 12.1 Å². The molecular weight excluding hydrogens is 290 g/mol. The topological polar surface area (TPSA) is 89.0 Å². The van der Waals surface area contributed by atoms with Gasteiger partial charge in [-0.15, -0.1) is 0 Å². The molecular formula is C10H15N3O4S2. The van der Waals surface area contributed by atoms with Crippen molar-refractivity contribution in [2.24, 2.45) is 4.99 Å². The summed E-state index contributed by atoms with van der Waals surface area (Å²) in [5, 5.41) is 0. The number of hydrazine groups is 1. The number of aliphatic imine (C=N–C) groups is 1. The van der Waals surface area contributed by atoms with E-state index >= 15 is 0 Å². The minimum Gasteiger partial charge on any atom is -0.465 e. The van der Waals surface area contributed by atoms with Gasteiger partial charge in [-0.2, -0.15) is 0 Å². The lowest BCUT2D eigenvalue weighted by atomic mass is 10.4. The summed E-state index contributed by atoms with van der Waals surface area (Å²) >= 11 is 2.79. The van der Waals surface area contributed by atoms with Crippen molar-refractivity contribution in [2.45, 2.75) is 6.92 Å². The first-order valence-electron chi connectivity index (χ1n) is 5.32. The summed E-state index contributed by atoms with van der Waals surface area (Å²) in [5.41, 5.74) is 5.33. The summed E-state index contributed by atoms with van der Waals surface area (Å²) in [7, 11) is 2.55. The zero-order valence-corrected chi connectivity index (χ0v) is 12.4. The maximum atomic E-state index is 11.7. The molecule has 0 aromatic heterocycles. The fourth-order valence-corrected chi connectivity index (χ4v) is 3.06. The zero-order valence-electron chi connectivity index (χ0n) is 10.8. The summed E-state index contributed by atoms with van der Waals surface area (Å²) in [6.45, 7) is 2.39. The van der Waals surface area contributed by atoms with Gasteiger partial charge in [0.2, 0.25) is 0 Å². The van der Waals surface area contributed by atoms with Gasteiger partial charge in [0.1, 0.15) is 9.28 Å². The molecule has 0 aromatic rings. The Bertz CT molecular complexity index is 423. The van der Waals surface area contributed by atoms with Crippen LogP contribution in [0.2, 0.25) is 0 Å². The molecule has 0 atom stereocenters. The van der Waals surface area contributed by atoms with Crippen molar-refractivity contribution in [1.29, 1.82) is 0 Å². The van der Waals surface area contributed by atoms with E-state index in [1.54, 1.807) is 18.7 Å². The van der Waals surface area contributed by atoms with Gasteiger partial charge in [-0.1, -0.05) is 23.5 Å². The number of carbonyl (C=O) groups is 2. The second kappa shape index (κ2) is 7.95. The summed E-state index contributed by atoms with van der Waals surface area (Å²) in [6.07, 6.45) is -0.652. The third-order valence-corrected chi connectivity index (χ3v) is 4.34. The number of hydrogen-bond donors (Lipinski definition) is 2. The lowest BCUT2D eigenvalue weighted by molar-refractivity contribution is -0.135. The number of nitrogens with zero attached hydrogens (tertiary/aromatic N) is 1. The molecule has 106 valence electrons. The minimum absolute atomic E-state index is 0.340. The molecule has 0 aromatic carbocycles. The molecule has 19 heavy (non-hydrogen) atoms. The monoisotopic (exact) mass is 305 g/mol. The van der Waals surface area contributed by atoms with Crippen LogP contribution >= 0.6 is 23.5 Å². The predicted octanol–water partition coefficient (Wildman–Crippen LogP) is 1.09. The average molecular weight is 305 g/mol. The summed E-state index contributed by atoms with van der Waals surface area (Å²) in [4.78, 5) is 27.2. The Morgan fingerprint density at radius 3 is 2.58 bits per heavy atom. The van der Waals surface area contributed by atoms with Crippen molar-refractivity contribution >= 4 is 40.0 Å². The van der Waals surface area contributed by atoms with E-state index in [1.807, 2.05) is 0 Å². The van der Waals surface area contributed by atoms with Crippen LogP contribution in [-0.2, 0) is 14.3 Å². The largest absolute Gasteiger partial charge is 0.465 e. The van der Waals surface area contributed by atoms with Crippen LogP contribution in [0.1, 0.15) is 6.92 Å². The molecule has 1 aliphatic rings. The first kappa shape index (κ1) is 15.7. The molecule has 1 heterocycles. The molecule has 1 amide bonds. The molecule has 0 fully saturated rings. The van der Waals surface area contributed by atoms with E-state index in [4.69, 9.17) is 4.74 Å². The lowest BCUT2D eigenvalue weighted by Crippen LogP contribution is -2.36. The van der Waals surface area contributed by atoms with Gasteiger partial charge in [0, 0.05) is 11.4 Å². The zero-order chi connectivity index (χ0) is 14.3. The van der Waals surface area contributed by atoms with Crippen LogP contribution in [0, 0.1) is 0 Å². The Labute approximate surface area is 119 Å². The Hall–Kier alpha value is -1.35. The Balaban J connectivity index is 2.75. The number of carbonyl (C=O) groups excluding carboxylic acids is 2. The highest BCUT2D eigenvalue weighted by molar-refractivity contribution is 8.40. The van der Waals surface area contributed by atoms with E-state index in [9.17, 15) is 9.59 Å². The normalized spacial score (nSPS) is 15.2. The molecule has 0 bridgehead atoms. The van der Waals surface area contributed by atoms with Crippen molar-refractivity contribution in [3.8, 4) is 0 Å². The quantitative estimate of drug-likeness (QED) is 0.456. The predicted molar refractivity (Wildman–Crippen MR) is 75.7 cm³/mol. The van der Waals surface area contributed by atoms with Crippen LogP contribution in [0.3, 0.4) is 0 Å². The highest BCUT2D eigenvalue weighted by atomic mass is 32.2. The van der Waals surface area contributed by atoms with E-state index < -0.39 is 12.1 Å². The van der Waals surface area contributed by atoms with Gasteiger partial charge in [-0.3, -0.25) is 10.4 Å². The second-order valence-corrected chi connectivity index (χ2v) is 5.63. The van der Waals surface area contributed by atoms with Crippen LogP contribution in [0.25, 0.3) is 0 Å². The van der Waals surface area contributed by atoms with Crippen LogP contribution in [0.15, 0.2) is 15.6 Å². The number of thioether (sulfide) groups is 2. The molecule has 0 spiro atoms. The highest BCUT2D eigenvalue weighted by Crippen LogP contribution is 2.30. The SMILES string of the molecule is COC(=O)NN/C(C)=C(/SC1=NCCS1)C(=O)OC. The van der Waals surface area contributed by atoms with Gasteiger partial charge in [0.15, 0.2) is 0 Å². The van der Waals surface area contributed by atoms with Crippen molar-refractivity contribution in [2.75, 3.05) is 26.5 Å². The van der Waals surface area contributed by atoms with Crippen LogP contribution in [-0.4, -0.2) is 43.0 Å². The maximum Gasteiger partial charge on any atom is 0.425 e. The molecule has 0 aliphatic carbocycles. The van der Waals surface area contributed by atoms with E-state index in [1.165, 1.54) is 26.0 Å². The molecule has 0 saturated heterocycles. The molecule has 0 saturated carbocycles. The fourth-order valence-electron chi connectivity index (χ4n) is 1.08. The first-order chi connectivity index (χ1) is 9.08. The summed E-state index contributed by atoms with van der Waals surface area (Å²) < 4.78 is 9.93. The molecule has 2 N–H and O–H groups in total. The standard InChI is InChI=1S/C10H15N3O4S2/c1-6(12-13-9(15)17-3)7(8(14)16-2)19-10-11-4-5-18-10/h12H,4-5H2,1-3H3,(H,13,15)/b7-6+. The van der Waals surface area contributed by atoms with Gasteiger partial charge in [-0.25, -0.2) is 15.0 Å².